The number of nitrogens with one attached hydrogen (secondary N) is 1. The molecule has 1 nitrogen and oxygen atoms in total. The highest BCUT2D eigenvalue weighted by molar-refractivity contribution is 7.98. The third-order valence-electron chi connectivity index (χ3n) is 3.65. The standard InChI is InChI=1S/C16H24ClNS/c1-19-9-3-5-14(12-18-16-7-8-16)10-13-4-2-6-15(17)11-13/h2,4,6,11,14,16,18H,3,5,7-10,12H2,1H3. The molecule has 19 heavy (non-hydrogen) atoms. The average molecular weight is 298 g/mol. The van der Waals surface area contributed by atoms with E-state index in [1.54, 1.807) is 0 Å². The first-order valence-electron chi connectivity index (χ1n) is 7.24. The van der Waals surface area contributed by atoms with Gasteiger partial charge in [-0.05, 0) is 74.3 Å². The van der Waals surface area contributed by atoms with Gasteiger partial charge in [-0.1, -0.05) is 23.7 Å². The first-order chi connectivity index (χ1) is 9.28. The summed E-state index contributed by atoms with van der Waals surface area (Å²) in [5.74, 6) is 2.02. The topological polar surface area (TPSA) is 12.0 Å². The van der Waals surface area contributed by atoms with Crippen molar-refractivity contribution in [3.05, 3.63) is 34.9 Å². The van der Waals surface area contributed by atoms with Crippen LogP contribution in [0.15, 0.2) is 24.3 Å². The Labute approximate surface area is 126 Å². The largest absolute Gasteiger partial charge is 0.314 e. The van der Waals surface area contributed by atoms with Crippen LogP contribution in [0.4, 0.5) is 0 Å². The Bertz CT molecular complexity index is 379. The highest BCUT2D eigenvalue weighted by Gasteiger charge is 2.21. The summed E-state index contributed by atoms with van der Waals surface area (Å²) in [6.07, 6.45) is 8.71. The fourth-order valence-electron chi connectivity index (χ4n) is 2.41. The molecule has 0 saturated heterocycles. The summed E-state index contributed by atoms with van der Waals surface area (Å²) in [6, 6.07) is 9.13. The molecule has 1 aliphatic carbocycles. The molecule has 0 radical (unpaired) electrons. The van der Waals surface area contributed by atoms with Crippen LogP contribution in [0.5, 0.6) is 0 Å². The molecule has 1 N–H and O–H groups in total. The lowest BCUT2D eigenvalue weighted by Gasteiger charge is -2.18. The molecule has 1 aliphatic rings. The third kappa shape index (κ3) is 6.20. The van der Waals surface area contributed by atoms with Crippen molar-refractivity contribution < 1.29 is 0 Å². The van der Waals surface area contributed by atoms with Crippen LogP contribution < -0.4 is 5.32 Å². The van der Waals surface area contributed by atoms with Crippen LogP contribution in [0.1, 0.15) is 31.2 Å². The van der Waals surface area contributed by atoms with E-state index in [0.29, 0.717) is 0 Å². The van der Waals surface area contributed by atoms with Gasteiger partial charge in [0.1, 0.15) is 0 Å². The van der Waals surface area contributed by atoms with Crippen molar-refractivity contribution in [2.45, 2.75) is 38.1 Å². The van der Waals surface area contributed by atoms with Gasteiger partial charge in [-0.3, -0.25) is 0 Å². The van der Waals surface area contributed by atoms with Crippen molar-refractivity contribution in [1.82, 2.24) is 5.32 Å². The van der Waals surface area contributed by atoms with Crippen LogP contribution in [-0.2, 0) is 6.42 Å². The fraction of sp³-hybridized carbons (Fsp3) is 0.625. The van der Waals surface area contributed by atoms with Crippen molar-refractivity contribution in [2.75, 3.05) is 18.6 Å². The predicted octanol–water partition coefficient (Wildman–Crippen LogP) is 4.39. The maximum atomic E-state index is 6.07. The molecule has 0 bridgehead atoms. The second-order valence-electron chi connectivity index (χ2n) is 5.52. The van der Waals surface area contributed by atoms with Crippen LogP contribution in [0.2, 0.25) is 5.02 Å². The molecular formula is C16H24ClNS. The summed E-state index contributed by atoms with van der Waals surface area (Å²) in [6.45, 7) is 1.16. The smallest absolute Gasteiger partial charge is 0.0408 e. The van der Waals surface area contributed by atoms with Gasteiger partial charge in [0.25, 0.3) is 0 Å². The minimum Gasteiger partial charge on any atom is -0.314 e. The number of thioether (sulfide) groups is 1. The van der Waals surface area contributed by atoms with Crippen molar-refractivity contribution in [3.63, 3.8) is 0 Å². The van der Waals surface area contributed by atoms with Gasteiger partial charge < -0.3 is 5.32 Å². The monoisotopic (exact) mass is 297 g/mol. The minimum absolute atomic E-state index is 0.742. The summed E-state index contributed by atoms with van der Waals surface area (Å²) in [5.41, 5.74) is 1.37. The quantitative estimate of drug-likeness (QED) is 0.678. The van der Waals surface area contributed by atoms with Crippen LogP contribution in [0.25, 0.3) is 0 Å². The lowest BCUT2D eigenvalue weighted by molar-refractivity contribution is 0.438. The highest BCUT2D eigenvalue weighted by atomic mass is 35.5. The van der Waals surface area contributed by atoms with E-state index in [1.165, 1.54) is 37.0 Å². The second kappa shape index (κ2) is 8.18. The van der Waals surface area contributed by atoms with Gasteiger partial charge in [0.15, 0.2) is 0 Å². The Hall–Kier alpha value is -0.180. The molecule has 3 heteroatoms. The molecule has 0 spiro atoms. The van der Waals surface area contributed by atoms with Gasteiger partial charge in [0, 0.05) is 11.1 Å². The van der Waals surface area contributed by atoms with E-state index >= 15 is 0 Å². The van der Waals surface area contributed by atoms with Crippen LogP contribution in [0, 0.1) is 5.92 Å². The Morgan fingerprint density at radius 1 is 1.42 bits per heavy atom. The summed E-state index contributed by atoms with van der Waals surface area (Å²) in [5, 5.41) is 4.54. The minimum atomic E-state index is 0.742. The molecule has 1 fully saturated rings. The molecule has 1 unspecified atom stereocenters. The molecule has 0 aliphatic heterocycles. The maximum Gasteiger partial charge on any atom is 0.0408 e. The Morgan fingerprint density at radius 3 is 2.95 bits per heavy atom. The molecule has 106 valence electrons. The van der Waals surface area contributed by atoms with Crippen molar-refractivity contribution >= 4 is 23.4 Å². The Kier molecular flexibility index (Phi) is 6.55. The summed E-state index contributed by atoms with van der Waals surface area (Å²) >= 11 is 8.02. The zero-order valence-corrected chi connectivity index (χ0v) is 13.3. The zero-order chi connectivity index (χ0) is 13.5. The Balaban J connectivity index is 1.83. The van der Waals surface area contributed by atoms with E-state index in [2.05, 4.69) is 29.8 Å². The van der Waals surface area contributed by atoms with Crippen LogP contribution in [-0.4, -0.2) is 24.6 Å². The van der Waals surface area contributed by atoms with E-state index in [0.717, 1.165) is 29.9 Å². The lowest BCUT2D eigenvalue weighted by atomic mass is 9.95. The van der Waals surface area contributed by atoms with E-state index < -0.39 is 0 Å². The molecule has 1 aromatic carbocycles. The molecule has 0 heterocycles. The van der Waals surface area contributed by atoms with Gasteiger partial charge >= 0.3 is 0 Å². The normalized spacial score (nSPS) is 16.5. The van der Waals surface area contributed by atoms with Gasteiger partial charge in [0.2, 0.25) is 0 Å². The van der Waals surface area contributed by atoms with Gasteiger partial charge in [-0.25, -0.2) is 0 Å². The lowest BCUT2D eigenvalue weighted by Crippen LogP contribution is -2.26. The number of hydrogen-bond acceptors (Lipinski definition) is 2. The number of halogens is 1. The number of benzene rings is 1. The summed E-state index contributed by atoms with van der Waals surface area (Å²) in [4.78, 5) is 0. The predicted molar refractivity (Wildman–Crippen MR) is 87.3 cm³/mol. The first kappa shape index (κ1) is 15.2. The summed E-state index contributed by atoms with van der Waals surface area (Å²) in [7, 11) is 0. The number of hydrogen-bond donors (Lipinski definition) is 1. The third-order valence-corrected chi connectivity index (χ3v) is 4.58. The second-order valence-corrected chi connectivity index (χ2v) is 6.94. The molecule has 1 aromatic rings. The van der Waals surface area contributed by atoms with Crippen molar-refractivity contribution in [1.29, 1.82) is 0 Å². The zero-order valence-electron chi connectivity index (χ0n) is 11.7. The number of rotatable bonds is 9. The summed E-state index contributed by atoms with van der Waals surface area (Å²) < 4.78 is 0. The van der Waals surface area contributed by atoms with E-state index in [9.17, 15) is 0 Å². The Morgan fingerprint density at radius 2 is 2.26 bits per heavy atom. The fourth-order valence-corrected chi connectivity index (χ4v) is 3.08. The van der Waals surface area contributed by atoms with Crippen molar-refractivity contribution in [2.24, 2.45) is 5.92 Å². The molecule has 1 saturated carbocycles. The average Bonchev–Trinajstić information content (AvgIpc) is 3.20. The molecule has 0 amide bonds. The van der Waals surface area contributed by atoms with Crippen LogP contribution >= 0.6 is 23.4 Å². The first-order valence-corrected chi connectivity index (χ1v) is 9.02. The van der Waals surface area contributed by atoms with E-state index in [4.69, 9.17) is 11.6 Å². The van der Waals surface area contributed by atoms with Crippen molar-refractivity contribution in [3.8, 4) is 0 Å². The van der Waals surface area contributed by atoms with Gasteiger partial charge in [-0.15, -0.1) is 0 Å². The van der Waals surface area contributed by atoms with Gasteiger partial charge in [0.05, 0.1) is 0 Å². The van der Waals surface area contributed by atoms with E-state index in [1.807, 2.05) is 17.8 Å². The highest BCUT2D eigenvalue weighted by Crippen LogP contribution is 2.22. The van der Waals surface area contributed by atoms with Crippen LogP contribution in [0.3, 0.4) is 0 Å². The van der Waals surface area contributed by atoms with Gasteiger partial charge in [-0.2, -0.15) is 11.8 Å². The molecular weight excluding hydrogens is 274 g/mol. The SMILES string of the molecule is CSCCCC(CNC1CC1)Cc1cccc(Cl)c1. The maximum absolute atomic E-state index is 6.07. The van der Waals surface area contributed by atoms with E-state index in [-0.39, 0.29) is 0 Å². The molecule has 2 rings (SSSR count). The molecule has 1 atom stereocenters. The molecule has 0 aromatic heterocycles.